The van der Waals surface area contributed by atoms with Crippen LogP contribution in [0.15, 0.2) is 18.2 Å². The van der Waals surface area contributed by atoms with E-state index in [9.17, 15) is 9.59 Å². The highest BCUT2D eigenvalue weighted by Gasteiger charge is 2.27. The first-order valence-electron chi connectivity index (χ1n) is 8.01. The number of ether oxygens (including phenoxy) is 1. The average Bonchev–Trinajstić information content (AvgIpc) is 2.61. The summed E-state index contributed by atoms with van der Waals surface area (Å²) in [5.74, 6) is -0.194. The number of carbonyl (C=O) groups excluding carboxylic acids is 2. The van der Waals surface area contributed by atoms with Crippen molar-refractivity contribution in [3.63, 3.8) is 0 Å². The molecule has 2 amide bonds. The van der Waals surface area contributed by atoms with E-state index in [2.05, 4.69) is 10.6 Å². The minimum atomic E-state index is -0.497. The van der Waals surface area contributed by atoms with Crippen molar-refractivity contribution < 1.29 is 14.3 Å². The molecule has 1 aromatic rings. The topological polar surface area (TPSA) is 91.2 Å². The molecule has 2 rings (SSSR count). The van der Waals surface area contributed by atoms with Gasteiger partial charge in [0.05, 0.1) is 16.1 Å². The highest BCUT2D eigenvalue weighted by molar-refractivity contribution is 6.42. The van der Waals surface area contributed by atoms with E-state index in [1.165, 1.54) is 0 Å². The number of nitriles is 1. The van der Waals surface area contributed by atoms with Crippen LogP contribution >= 0.6 is 23.2 Å². The molecule has 1 fully saturated rings. The van der Waals surface area contributed by atoms with Gasteiger partial charge < -0.3 is 15.4 Å². The van der Waals surface area contributed by atoms with Crippen LogP contribution in [0.2, 0.25) is 10.0 Å². The summed E-state index contributed by atoms with van der Waals surface area (Å²) in [6, 6.07) is 6.92. The highest BCUT2D eigenvalue weighted by atomic mass is 35.5. The zero-order valence-electron chi connectivity index (χ0n) is 13.6. The Labute approximate surface area is 156 Å². The number of hydrogen-bond acceptors (Lipinski definition) is 4. The summed E-state index contributed by atoms with van der Waals surface area (Å²) in [5, 5.41) is 14.7. The fraction of sp³-hybridized carbons (Fsp3) is 0.471. The van der Waals surface area contributed by atoms with Crippen LogP contribution in [0.5, 0.6) is 0 Å². The number of carbonyl (C=O) groups is 2. The van der Waals surface area contributed by atoms with E-state index in [1.54, 1.807) is 18.2 Å². The quantitative estimate of drug-likeness (QED) is 0.761. The Balaban J connectivity index is 1.70. The molecule has 0 aliphatic heterocycles. The van der Waals surface area contributed by atoms with Crippen LogP contribution < -0.4 is 10.6 Å². The summed E-state index contributed by atoms with van der Waals surface area (Å²) in [4.78, 5) is 23.7. The van der Waals surface area contributed by atoms with Gasteiger partial charge in [0, 0.05) is 12.0 Å². The van der Waals surface area contributed by atoms with Crippen LogP contribution in [0.25, 0.3) is 0 Å². The first-order valence-corrected chi connectivity index (χ1v) is 8.77. The molecule has 1 aliphatic carbocycles. The number of amides is 2. The summed E-state index contributed by atoms with van der Waals surface area (Å²) >= 11 is 11.8. The fourth-order valence-electron chi connectivity index (χ4n) is 2.76. The molecule has 0 heterocycles. The van der Waals surface area contributed by atoms with E-state index in [-0.39, 0.29) is 31.0 Å². The molecule has 1 aliphatic rings. The fourth-order valence-corrected chi connectivity index (χ4v) is 3.08. The van der Waals surface area contributed by atoms with Gasteiger partial charge in [0.2, 0.25) is 5.91 Å². The lowest BCUT2D eigenvalue weighted by Gasteiger charge is -2.27. The molecular formula is C17H19Cl2N3O3. The van der Waals surface area contributed by atoms with E-state index in [0.717, 1.165) is 5.56 Å². The van der Waals surface area contributed by atoms with Crippen LogP contribution in [0.3, 0.4) is 0 Å². The standard InChI is InChI=1S/C17H19Cl2N3O3/c18-14-6-1-11(9-15(14)19)10-25-17(24)22-13-4-2-12(3-5-13)16(23)21-8-7-20/h1,6,9,12-13H,2-5,8,10H2,(H,21,23)(H,22,24)/t12-,13+. The molecule has 0 aromatic heterocycles. The third kappa shape index (κ3) is 6.11. The zero-order chi connectivity index (χ0) is 18.2. The number of nitrogens with one attached hydrogen (secondary N) is 2. The molecule has 2 N–H and O–H groups in total. The zero-order valence-corrected chi connectivity index (χ0v) is 15.1. The maximum absolute atomic E-state index is 11.9. The second-order valence-corrected chi connectivity index (χ2v) is 6.71. The number of hydrogen-bond donors (Lipinski definition) is 2. The van der Waals surface area contributed by atoms with Crippen molar-refractivity contribution in [1.29, 1.82) is 5.26 Å². The van der Waals surface area contributed by atoms with Crippen LogP contribution in [-0.2, 0) is 16.1 Å². The number of alkyl carbamates (subject to hydrolysis) is 1. The smallest absolute Gasteiger partial charge is 0.407 e. The van der Waals surface area contributed by atoms with Crippen LogP contribution in [0.1, 0.15) is 31.2 Å². The molecule has 8 heteroatoms. The molecular weight excluding hydrogens is 365 g/mol. The third-order valence-corrected chi connectivity index (χ3v) is 4.85. The number of rotatable bonds is 5. The van der Waals surface area contributed by atoms with Crippen molar-refractivity contribution in [1.82, 2.24) is 10.6 Å². The first kappa shape index (κ1) is 19.4. The van der Waals surface area contributed by atoms with Crippen molar-refractivity contribution in [2.45, 2.75) is 38.3 Å². The monoisotopic (exact) mass is 383 g/mol. The Morgan fingerprint density at radius 1 is 1.20 bits per heavy atom. The minimum absolute atomic E-state index is 0.0127. The van der Waals surface area contributed by atoms with Crippen LogP contribution in [0, 0.1) is 17.2 Å². The summed E-state index contributed by atoms with van der Waals surface area (Å²) in [6.07, 6.45) is 2.26. The molecule has 1 saturated carbocycles. The summed E-state index contributed by atoms with van der Waals surface area (Å²) in [6.45, 7) is 0.132. The van der Waals surface area contributed by atoms with E-state index in [0.29, 0.717) is 35.7 Å². The maximum atomic E-state index is 11.9. The van der Waals surface area contributed by atoms with Crippen LogP contribution in [-0.4, -0.2) is 24.6 Å². The number of nitrogens with zero attached hydrogens (tertiary/aromatic N) is 1. The Hall–Kier alpha value is -1.97. The molecule has 0 spiro atoms. The van der Waals surface area contributed by atoms with E-state index in [4.69, 9.17) is 33.2 Å². The van der Waals surface area contributed by atoms with Gasteiger partial charge in [-0.15, -0.1) is 0 Å². The molecule has 0 bridgehead atoms. The van der Waals surface area contributed by atoms with Gasteiger partial charge in [0.25, 0.3) is 0 Å². The number of halogens is 2. The van der Waals surface area contributed by atoms with Crippen molar-refractivity contribution in [2.75, 3.05) is 6.54 Å². The lowest BCUT2D eigenvalue weighted by atomic mass is 9.85. The van der Waals surface area contributed by atoms with Crippen molar-refractivity contribution in [2.24, 2.45) is 5.92 Å². The largest absolute Gasteiger partial charge is 0.445 e. The predicted molar refractivity (Wildman–Crippen MR) is 94.2 cm³/mol. The molecule has 134 valence electrons. The van der Waals surface area contributed by atoms with Gasteiger partial charge >= 0.3 is 6.09 Å². The SMILES string of the molecule is N#CCNC(=O)[C@H]1CC[C@@H](NC(=O)OCc2ccc(Cl)c(Cl)c2)CC1. The lowest BCUT2D eigenvalue weighted by Crippen LogP contribution is -2.41. The number of benzene rings is 1. The van der Waals surface area contributed by atoms with E-state index in [1.807, 2.05) is 6.07 Å². The predicted octanol–water partition coefficient (Wildman–Crippen LogP) is 3.42. The van der Waals surface area contributed by atoms with Gasteiger partial charge in [-0.05, 0) is 43.4 Å². The van der Waals surface area contributed by atoms with Gasteiger partial charge in [-0.3, -0.25) is 4.79 Å². The van der Waals surface area contributed by atoms with E-state index < -0.39 is 6.09 Å². The lowest BCUT2D eigenvalue weighted by molar-refractivity contribution is -0.125. The van der Waals surface area contributed by atoms with Gasteiger partial charge in [-0.1, -0.05) is 29.3 Å². The second-order valence-electron chi connectivity index (χ2n) is 5.89. The van der Waals surface area contributed by atoms with Crippen molar-refractivity contribution in [3.8, 4) is 6.07 Å². The van der Waals surface area contributed by atoms with Gasteiger partial charge in [0.1, 0.15) is 13.2 Å². The Bertz CT molecular complexity index is 668. The Kier molecular flexibility index (Phi) is 7.35. The van der Waals surface area contributed by atoms with Crippen LogP contribution in [0.4, 0.5) is 4.79 Å². The van der Waals surface area contributed by atoms with Crippen molar-refractivity contribution >= 4 is 35.2 Å². The van der Waals surface area contributed by atoms with Crippen molar-refractivity contribution in [3.05, 3.63) is 33.8 Å². The highest BCUT2D eigenvalue weighted by Crippen LogP contribution is 2.25. The molecule has 6 nitrogen and oxygen atoms in total. The molecule has 0 saturated heterocycles. The molecule has 25 heavy (non-hydrogen) atoms. The second kappa shape index (κ2) is 9.50. The minimum Gasteiger partial charge on any atom is -0.445 e. The first-order chi connectivity index (χ1) is 12.0. The molecule has 0 atom stereocenters. The average molecular weight is 384 g/mol. The normalized spacial score (nSPS) is 19.6. The Morgan fingerprint density at radius 3 is 2.56 bits per heavy atom. The maximum Gasteiger partial charge on any atom is 0.407 e. The van der Waals surface area contributed by atoms with Gasteiger partial charge in [0.15, 0.2) is 0 Å². The summed E-state index contributed by atoms with van der Waals surface area (Å²) in [5.41, 5.74) is 0.752. The van der Waals surface area contributed by atoms with E-state index >= 15 is 0 Å². The third-order valence-electron chi connectivity index (χ3n) is 4.12. The molecule has 0 radical (unpaired) electrons. The van der Waals surface area contributed by atoms with Gasteiger partial charge in [-0.2, -0.15) is 5.26 Å². The molecule has 1 aromatic carbocycles. The molecule has 0 unspecified atom stereocenters. The Morgan fingerprint density at radius 2 is 1.92 bits per heavy atom. The van der Waals surface area contributed by atoms with Gasteiger partial charge in [-0.25, -0.2) is 4.79 Å². The summed E-state index contributed by atoms with van der Waals surface area (Å²) < 4.78 is 5.19. The summed E-state index contributed by atoms with van der Waals surface area (Å²) in [7, 11) is 0.